The molecule has 6 heteroatoms. The van der Waals surface area contributed by atoms with E-state index in [9.17, 15) is 0 Å². The maximum atomic E-state index is 4.88. The predicted molar refractivity (Wildman–Crippen MR) is 108 cm³/mol. The third-order valence-corrected chi connectivity index (χ3v) is 5.09. The number of likely N-dealkylation sites (tertiary alicyclic amines) is 1. The molecule has 1 aromatic rings. The second-order valence-corrected chi connectivity index (χ2v) is 6.78. The highest BCUT2D eigenvalue weighted by atomic mass is 127. The van der Waals surface area contributed by atoms with Crippen LogP contribution >= 0.6 is 24.0 Å². The van der Waals surface area contributed by atoms with E-state index in [0.717, 1.165) is 31.3 Å². The quantitative estimate of drug-likeness (QED) is 0.451. The van der Waals surface area contributed by atoms with Crippen LogP contribution in [0.1, 0.15) is 50.6 Å². The molecule has 1 aliphatic heterocycles. The van der Waals surface area contributed by atoms with Crippen molar-refractivity contribution in [2.45, 2.75) is 54.0 Å². The third-order valence-electron chi connectivity index (χ3n) is 5.09. The summed E-state index contributed by atoms with van der Waals surface area (Å²) in [4.78, 5) is 7.29. The van der Waals surface area contributed by atoms with E-state index >= 15 is 0 Å². The number of aryl methyl sites for hydroxylation is 2. The number of hydrogen-bond acceptors (Lipinski definition) is 2. The summed E-state index contributed by atoms with van der Waals surface area (Å²) in [5.74, 6) is 1.04. The fraction of sp³-hybridized carbons (Fsp3) is 0.765. The molecule has 0 aromatic carbocycles. The van der Waals surface area contributed by atoms with Gasteiger partial charge >= 0.3 is 0 Å². The van der Waals surface area contributed by atoms with Crippen LogP contribution in [0, 0.1) is 19.3 Å². The molecule has 1 N–H and O–H groups in total. The summed E-state index contributed by atoms with van der Waals surface area (Å²) >= 11 is 0. The first-order valence-corrected chi connectivity index (χ1v) is 8.42. The van der Waals surface area contributed by atoms with Gasteiger partial charge in [0.15, 0.2) is 5.96 Å². The van der Waals surface area contributed by atoms with Gasteiger partial charge in [-0.15, -0.1) is 24.0 Å². The van der Waals surface area contributed by atoms with Crippen molar-refractivity contribution in [3.05, 3.63) is 17.0 Å². The zero-order valence-electron chi connectivity index (χ0n) is 15.4. The standard InChI is InChI=1S/C17H31N5.HI/c1-7-17(5)9-10-22(12-17)16(18-8-2)19-11-15-13(3)20-21(6)14(15)4;/h7-12H2,1-6H3,(H,18,19);1H. The number of aliphatic imine (C=N–C) groups is 1. The van der Waals surface area contributed by atoms with Crippen LogP contribution in [0.25, 0.3) is 0 Å². The fourth-order valence-electron chi connectivity index (χ4n) is 3.12. The van der Waals surface area contributed by atoms with Gasteiger partial charge in [0, 0.05) is 37.9 Å². The van der Waals surface area contributed by atoms with E-state index in [2.05, 4.69) is 49.9 Å². The van der Waals surface area contributed by atoms with Crippen LogP contribution < -0.4 is 5.32 Å². The molecule has 1 atom stereocenters. The molecular weight excluding hydrogens is 401 g/mol. The van der Waals surface area contributed by atoms with E-state index in [1.165, 1.54) is 24.1 Å². The number of halogens is 1. The number of aromatic nitrogens is 2. The highest BCUT2D eigenvalue weighted by molar-refractivity contribution is 14.0. The second-order valence-electron chi connectivity index (χ2n) is 6.78. The first-order chi connectivity index (χ1) is 10.4. The minimum atomic E-state index is 0. The topological polar surface area (TPSA) is 45.5 Å². The Morgan fingerprint density at radius 1 is 1.35 bits per heavy atom. The Labute approximate surface area is 157 Å². The molecule has 2 heterocycles. The molecule has 0 radical (unpaired) electrons. The van der Waals surface area contributed by atoms with Crippen LogP contribution in [0.15, 0.2) is 4.99 Å². The molecule has 1 aliphatic rings. The Morgan fingerprint density at radius 2 is 2.04 bits per heavy atom. The van der Waals surface area contributed by atoms with Gasteiger partial charge < -0.3 is 10.2 Å². The van der Waals surface area contributed by atoms with E-state index in [1.54, 1.807) is 0 Å². The van der Waals surface area contributed by atoms with Crippen molar-refractivity contribution in [2.24, 2.45) is 17.5 Å². The molecule has 0 spiro atoms. The molecule has 23 heavy (non-hydrogen) atoms. The highest BCUT2D eigenvalue weighted by Gasteiger charge is 2.33. The minimum Gasteiger partial charge on any atom is -0.357 e. The van der Waals surface area contributed by atoms with Crippen molar-refractivity contribution in [2.75, 3.05) is 19.6 Å². The molecular formula is C17H32IN5. The van der Waals surface area contributed by atoms with Gasteiger partial charge in [-0.05, 0) is 39.0 Å². The van der Waals surface area contributed by atoms with Crippen LogP contribution in [0.2, 0.25) is 0 Å². The lowest BCUT2D eigenvalue weighted by atomic mass is 9.87. The maximum Gasteiger partial charge on any atom is 0.194 e. The normalized spacial score (nSPS) is 21.5. The van der Waals surface area contributed by atoms with Crippen LogP contribution in [0.4, 0.5) is 0 Å². The predicted octanol–water partition coefficient (Wildman–Crippen LogP) is 3.24. The smallest absolute Gasteiger partial charge is 0.194 e. The number of rotatable bonds is 4. The van der Waals surface area contributed by atoms with Crippen molar-refractivity contribution in [3.63, 3.8) is 0 Å². The lowest BCUT2D eigenvalue weighted by Crippen LogP contribution is -2.41. The van der Waals surface area contributed by atoms with E-state index < -0.39 is 0 Å². The van der Waals surface area contributed by atoms with Gasteiger partial charge in [-0.3, -0.25) is 4.68 Å². The molecule has 0 saturated carbocycles. The molecule has 1 fully saturated rings. The maximum absolute atomic E-state index is 4.88. The molecule has 0 aliphatic carbocycles. The van der Waals surface area contributed by atoms with Crippen LogP contribution in [-0.2, 0) is 13.6 Å². The molecule has 132 valence electrons. The second kappa shape index (κ2) is 8.35. The monoisotopic (exact) mass is 433 g/mol. The summed E-state index contributed by atoms with van der Waals surface area (Å²) in [6, 6.07) is 0. The van der Waals surface area contributed by atoms with Crippen molar-refractivity contribution in [1.82, 2.24) is 20.0 Å². The van der Waals surface area contributed by atoms with Gasteiger partial charge in [-0.2, -0.15) is 5.10 Å². The summed E-state index contributed by atoms with van der Waals surface area (Å²) in [5.41, 5.74) is 3.96. The highest BCUT2D eigenvalue weighted by Crippen LogP contribution is 2.32. The van der Waals surface area contributed by atoms with Crippen molar-refractivity contribution >= 4 is 29.9 Å². The third kappa shape index (κ3) is 4.61. The molecule has 0 amide bonds. The lowest BCUT2D eigenvalue weighted by molar-refractivity contribution is 0.322. The van der Waals surface area contributed by atoms with Gasteiger partial charge in [-0.25, -0.2) is 4.99 Å². The largest absolute Gasteiger partial charge is 0.357 e. The first kappa shape index (κ1) is 20.3. The Balaban J connectivity index is 0.00000264. The van der Waals surface area contributed by atoms with E-state index in [4.69, 9.17) is 4.99 Å². The number of nitrogens with zero attached hydrogens (tertiary/aromatic N) is 4. The van der Waals surface area contributed by atoms with Gasteiger partial charge in [0.05, 0.1) is 12.2 Å². The van der Waals surface area contributed by atoms with Crippen LogP contribution in [0.5, 0.6) is 0 Å². The molecule has 1 unspecified atom stereocenters. The Hall–Kier alpha value is -0.790. The number of guanidine groups is 1. The average Bonchev–Trinajstić information content (AvgIpc) is 2.99. The summed E-state index contributed by atoms with van der Waals surface area (Å²) in [7, 11) is 1.99. The Kier molecular flexibility index (Phi) is 7.35. The zero-order chi connectivity index (χ0) is 16.3. The van der Waals surface area contributed by atoms with Gasteiger partial charge in [0.25, 0.3) is 0 Å². The van der Waals surface area contributed by atoms with E-state index in [0.29, 0.717) is 12.0 Å². The van der Waals surface area contributed by atoms with Crippen molar-refractivity contribution in [1.29, 1.82) is 0 Å². The van der Waals surface area contributed by atoms with Crippen LogP contribution in [-0.4, -0.2) is 40.3 Å². The van der Waals surface area contributed by atoms with Gasteiger partial charge in [0.2, 0.25) is 0 Å². The molecule has 1 aromatic heterocycles. The summed E-state index contributed by atoms with van der Waals surface area (Å²) in [6.45, 7) is 14.8. The Morgan fingerprint density at radius 3 is 2.52 bits per heavy atom. The minimum absolute atomic E-state index is 0. The van der Waals surface area contributed by atoms with Crippen LogP contribution in [0.3, 0.4) is 0 Å². The fourth-order valence-corrected chi connectivity index (χ4v) is 3.12. The van der Waals surface area contributed by atoms with Crippen molar-refractivity contribution in [3.8, 4) is 0 Å². The van der Waals surface area contributed by atoms with Gasteiger partial charge in [-0.1, -0.05) is 13.8 Å². The summed E-state index contributed by atoms with van der Waals surface area (Å²) < 4.78 is 1.94. The first-order valence-electron chi connectivity index (χ1n) is 8.42. The SMILES string of the molecule is CCNC(=NCc1c(C)nn(C)c1C)N1CCC(C)(CC)C1.I. The van der Waals surface area contributed by atoms with E-state index in [1.807, 2.05) is 11.7 Å². The Bertz CT molecular complexity index is 551. The number of hydrogen-bond donors (Lipinski definition) is 1. The molecule has 1 saturated heterocycles. The van der Waals surface area contributed by atoms with E-state index in [-0.39, 0.29) is 24.0 Å². The molecule has 0 bridgehead atoms. The number of nitrogens with one attached hydrogen (secondary N) is 1. The van der Waals surface area contributed by atoms with Crippen molar-refractivity contribution < 1.29 is 0 Å². The molecule has 2 rings (SSSR count). The molecule has 5 nitrogen and oxygen atoms in total. The van der Waals surface area contributed by atoms with Gasteiger partial charge in [0.1, 0.15) is 0 Å². The zero-order valence-corrected chi connectivity index (χ0v) is 17.8. The summed E-state index contributed by atoms with van der Waals surface area (Å²) in [6.07, 6.45) is 2.47. The average molecular weight is 433 g/mol. The lowest BCUT2D eigenvalue weighted by Gasteiger charge is -2.25. The summed E-state index contributed by atoms with van der Waals surface area (Å²) in [5, 5.41) is 7.93.